The summed E-state index contributed by atoms with van der Waals surface area (Å²) in [5.74, 6) is 0. The van der Waals surface area contributed by atoms with E-state index in [9.17, 15) is 4.39 Å². The molecule has 4 heterocycles. The smallest absolute Gasteiger partial charge is 0.119 e. The van der Waals surface area contributed by atoms with Crippen molar-refractivity contribution >= 4 is 16.6 Å². The Morgan fingerprint density at radius 3 is 2.95 bits per heavy atom. The van der Waals surface area contributed by atoms with E-state index in [1.54, 1.807) is 18.6 Å². The van der Waals surface area contributed by atoms with E-state index in [0.29, 0.717) is 13.0 Å². The zero-order valence-electron chi connectivity index (χ0n) is 11.3. The summed E-state index contributed by atoms with van der Waals surface area (Å²) in [5.41, 5.74) is 3.45. The molecule has 1 fully saturated rings. The molecular weight excluding hydrogens is 269 g/mol. The average molecular weight is 283 g/mol. The molecule has 5 nitrogen and oxygen atoms in total. The van der Waals surface area contributed by atoms with Crippen molar-refractivity contribution < 1.29 is 4.39 Å². The second kappa shape index (κ2) is 4.80. The maximum absolute atomic E-state index is 13.3. The van der Waals surface area contributed by atoms with Gasteiger partial charge in [0.1, 0.15) is 11.9 Å². The Hall–Kier alpha value is -2.50. The first-order valence-electron chi connectivity index (χ1n) is 6.95. The normalized spacial score (nSPS) is 18.5. The van der Waals surface area contributed by atoms with Crippen molar-refractivity contribution in [1.82, 2.24) is 20.2 Å². The molecule has 4 rings (SSSR count). The Morgan fingerprint density at radius 2 is 2.19 bits per heavy atom. The van der Waals surface area contributed by atoms with Crippen molar-refractivity contribution in [2.45, 2.75) is 12.6 Å². The van der Waals surface area contributed by atoms with Crippen LogP contribution in [-0.4, -0.2) is 39.4 Å². The monoisotopic (exact) mass is 283 g/mol. The van der Waals surface area contributed by atoms with Gasteiger partial charge in [0.15, 0.2) is 0 Å². The number of halogens is 1. The lowest BCUT2D eigenvalue weighted by molar-refractivity contribution is 0.364. The minimum atomic E-state index is -0.729. The number of aromatic amines is 1. The standard InChI is InChI=1S/C15H14FN5/c16-10-4-6-21(9-10)11-1-2-13(18-7-11)15-12-3-5-17-8-14(12)19-20-15/h1-3,5,7-8,10H,4,6,9H2,(H,19,20). The number of nitrogens with one attached hydrogen (secondary N) is 1. The predicted octanol–water partition coefficient (Wildman–Crippen LogP) is 2.57. The highest BCUT2D eigenvalue weighted by molar-refractivity contribution is 5.91. The molecule has 3 aromatic heterocycles. The van der Waals surface area contributed by atoms with Gasteiger partial charge in [0, 0.05) is 24.7 Å². The molecule has 1 aliphatic rings. The lowest BCUT2D eigenvalue weighted by Gasteiger charge is -2.16. The van der Waals surface area contributed by atoms with Crippen molar-refractivity contribution in [2.75, 3.05) is 18.0 Å². The number of alkyl halides is 1. The summed E-state index contributed by atoms with van der Waals surface area (Å²) in [6, 6.07) is 5.82. The molecule has 0 aliphatic carbocycles. The highest BCUT2D eigenvalue weighted by atomic mass is 19.1. The zero-order valence-corrected chi connectivity index (χ0v) is 11.3. The van der Waals surface area contributed by atoms with Crippen molar-refractivity contribution in [1.29, 1.82) is 0 Å². The van der Waals surface area contributed by atoms with E-state index in [1.807, 2.05) is 23.1 Å². The minimum Gasteiger partial charge on any atom is -0.367 e. The van der Waals surface area contributed by atoms with Crippen molar-refractivity contribution in [3.63, 3.8) is 0 Å². The molecule has 0 spiro atoms. The third kappa shape index (κ3) is 2.12. The third-order valence-electron chi connectivity index (χ3n) is 3.85. The van der Waals surface area contributed by atoms with Crippen LogP contribution in [0.5, 0.6) is 0 Å². The summed E-state index contributed by atoms with van der Waals surface area (Å²) in [7, 11) is 0. The maximum Gasteiger partial charge on any atom is 0.119 e. The maximum atomic E-state index is 13.3. The van der Waals surface area contributed by atoms with E-state index in [-0.39, 0.29) is 0 Å². The van der Waals surface area contributed by atoms with E-state index in [1.165, 1.54) is 0 Å². The number of fused-ring (bicyclic) bond motifs is 1. The van der Waals surface area contributed by atoms with Gasteiger partial charge in [-0.2, -0.15) is 5.10 Å². The first kappa shape index (κ1) is 12.3. The van der Waals surface area contributed by atoms with E-state index < -0.39 is 6.17 Å². The van der Waals surface area contributed by atoms with Crippen LogP contribution in [0.3, 0.4) is 0 Å². The molecule has 6 heteroatoms. The van der Waals surface area contributed by atoms with E-state index in [4.69, 9.17) is 0 Å². The van der Waals surface area contributed by atoms with Crippen LogP contribution >= 0.6 is 0 Å². The molecule has 106 valence electrons. The highest BCUT2D eigenvalue weighted by Crippen LogP contribution is 2.26. The van der Waals surface area contributed by atoms with Crippen LogP contribution in [0, 0.1) is 0 Å². The van der Waals surface area contributed by atoms with Gasteiger partial charge in [0.05, 0.1) is 29.3 Å². The SMILES string of the molecule is FC1CCN(c2ccc(-c3n[nH]c4cnccc34)nc2)C1. The number of H-pyrrole nitrogens is 1. The predicted molar refractivity (Wildman–Crippen MR) is 78.8 cm³/mol. The van der Waals surface area contributed by atoms with E-state index >= 15 is 0 Å². The second-order valence-corrected chi connectivity index (χ2v) is 5.23. The molecule has 1 unspecified atom stereocenters. The van der Waals surface area contributed by atoms with Crippen LogP contribution in [0.25, 0.3) is 22.3 Å². The summed E-state index contributed by atoms with van der Waals surface area (Å²) in [6.45, 7) is 1.21. The first-order valence-corrected chi connectivity index (χ1v) is 6.95. The van der Waals surface area contributed by atoms with Crippen LogP contribution in [-0.2, 0) is 0 Å². The van der Waals surface area contributed by atoms with Gasteiger partial charge in [-0.25, -0.2) is 4.39 Å². The lowest BCUT2D eigenvalue weighted by atomic mass is 10.2. The fourth-order valence-corrected chi connectivity index (χ4v) is 2.73. The van der Waals surface area contributed by atoms with Crippen LogP contribution in [0.2, 0.25) is 0 Å². The number of anilines is 1. The second-order valence-electron chi connectivity index (χ2n) is 5.23. The van der Waals surface area contributed by atoms with Gasteiger partial charge in [-0.1, -0.05) is 0 Å². The molecule has 0 amide bonds. The topological polar surface area (TPSA) is 57.7 Å². The molecule has 21 heavy (non-hydrogen) atoms. The Balaban J connectivity index is 1.67. The number of hydrogen-bond donors (Lipinski definition) is 1. The summed E-state index contributed by atoms with van der Waals surface area (Å²) in [5, 5.41) is 8.25. The largest absolute Gasteiger partial charge is 0.367 e. The summed E-state index contributed by atoms with van der Waals surface area (Å²) < 4.78 is 13.3. The van der Waals surface area contributed by atoms with Crippen molar-refractivity contribution in [3.8, 4) is 11.4 Å². The van der Waals surface area contributed by atoms with Gasteiger partial charge in [0.2, 0.25) is 0 Å². The summed E-state index contributed by atoms with van der Waals surface area (Å²) >= 11 is 0. The van der Waals surface area contributed by atoms with Crippen molar-refractivity contribution in [2.24, 2.45) is 0 Å². The summed E-state index contributed by atoms with van der Waals surface area (Å²) in [6.07, 6.45) is 5.13. The van der Waals surface area contributed by atoms with E-state index in [2.05, 4.69) is 20.2 Å². The van der Waals surface area contributed by atoms with Gasteiger partial charge in [-0.3, -0.25) is 15.1 Å². The van der Waals surface area contributed by atoms with Gasteiger partial charge in [-0.05, 0) is 24.6 Å². The van der Waals surface area contributed by atoms with Crippen LogP contribution < -0.4 is 4.90 Å². The van der Waals surface area contributed by atoms with Crippen molar-refractivity contribution in [3.05, 3.63) is 36.8 Å². The van der Waals surface area contributed by atoms with Gasteiger partial charge < -0.3 is 4.90 Å². The summed E-state index contributed by atoms with van der Waals surface area (Å²) in [4.78, 5) is 10.6. The Bertz CT molecular complexity index is 767. The Labute approximate surface area is 120 Å². The molecule has 1 aliphatic heterocycles. The fourth-order valence-electron chi connectivity index (χ4n) is 2.73. The lowest BCUT2D eigenvalue weighted by Crippen LogP contribution is -2.19. The Morgan fingerprint density at radius 1 is 1.24 bits per heavy atom. The number of nitrogens with zero attached hydrogens (tertiary/aromatic N) is 4. The average Bonchev–Trinajstić information content (AvgIpc) is 3.14. The van der Waals surface area contributed by atoms with Gasteiger partial charge in [0.25, 0.3) is 0 Å². The molecular formula is C15H14FN5. The van der Waals surface area contributed by atoms with Crippen LogP contribution in [0.15, 0.2) is 36.8 Å². The van der Waals surface area contributed by atoms with Gasteiger partial charge in [-0.15, -0.1) is 0 Å². The number of pyridine rings is 2. The molecule has 1 saturated heterocycles. The molecule has 0 saturated carbocycles. The van der Waals surface area contributed by atoms with Crippen LogP contribution in [0.4, 0.5) is 10.1 Å². The molecule has 1 atom stereocenters. The van der Waals surface area contributed by atoms with Gasteiger partial charge >= 0.3 is 0 Å². The number of aromatic nitrogens is 4. The third-order valence-corrected chi connectivity index (χ3v) is 3.85. The molecule has 0 radical (unpaired) electrons. The quantitative estimate of drug-likeness (QED) is 0.785. The number of hydrogen-bond acceptors (Lipinski definition) is 4. The molecule has 3 aromatic rings. The fraction of sp³-hybridized carbons (Fsp3) is 0.267. The highest BCUT2D eigenvalue weighted by Gasteiger charge is 2.22. The van der Waals surface area contributed by atoms with Crippen LogP contribution in [0.1, 0.15) is 6.42 Å². The molecule has 0 aromatic carbocycles. The molecule has 0 bridgehead atoms. The molecule has 1 N–H and O–H groups in total. The number of rotatable bonds is 2. The minimum absolute atomic E-state index is 0.456. The zero-order chi connectivity index (χ0) is 14.2. The van der Waals surface area contributed by atoms with E-state index in [0.717, 1.165) is 34.5 Å². The Kier molecular flexibility index (Phi) is 2.80. The first-order chi connectivity index (χ1) is 10.3.